The molecule has 1 aromatic carbocycles. The summed E-state index contributed by atoms with van der Waals surface area (Å²) in [5.74, 6) is 0.598. The van der Waals surface area contributed by atoms with Crippen LogP contribution < -0.4 is 10.9 Å². The molecule has 21 heavy (non-hydrogen) atoms. The van der Waals surface area contributed by atoms with Crippen LogP contribution in [0.3, 0.4) is 0 Å². The number of hydrogen-bond donors (Lipinski definition) is 2. The van der Waals surface area contributed by atoms with E-state index in [-0.39, 0.29) is 5.56 Å². The normalized spacial score (nSPS) is 11.0. The first-order valence-corrected chi connectivity index (χ1v) is 7.96. The smallest absolute Gasteiger partial charge is 0.251 e. The molecule has 0 saturated carbocycles. The summed E-state index contributed by atoms with van der Waals surface area (Å²) >= 11 is 7.48. The van der Waals surface area contributed by atoms with E-state index in [9.17, 15) is 4.79 Å². The first-order valence-electron chi connectivity index (χ1n) is 6.77. The van der Waals surface area contributed by atoms with E-state index in [4.69, 9.17) is 11.6 Å². The first-order chi connectivity index (χ1) is 10.0. The highest BCUT2D eigenvalue weighted by atomic mass is 35.5. The van der Waals surface area contributed by atoms with Crippen molar-refractivity contribution in [2.24, 2.45) is 5.92 Å². The van der Waals surface area contributed by atoms with Crippen LogP contribution in [0.5, 0.6) is 0 Å². The molecule has 0 aliphatic carbocycles. The minimum absolute atomic E-state index is 0.158. The van der Waals surface area contributed by atoms with Crippen molar-refractivity contribution in [2.75, 3.05) is 6.54 Å². The number of halogens is 1. The Morgan fingerprint density at radius 2 is 2.19 bits per heavy atom. The lowest BCUT2D eigenvalue weighted by Gasteiger charge is -2.11. The van der Waals surface area contributed by atoms with E-state index in [0.29, 0.717) is 16.1 Å². The van der Waals surface area contributed by atoms with E-state index < -0.39 is 0 Å². The number of benzene rings is 1. The van der Waals surface area contributed by atoms with Gasteiger partial charge in [-0.05, 0) is 30.2 Å². The molecule has 0 fully saturated rings. The number of aromatic amines is 1. The number of nitrogens with zero attached hydrogens (tertiary/aromatic N) is 1. The average molecular weight is 324 g/mol. The van der Waals surface area contributed by atoms with Gasteiger partial charge in [-0.3, -0.25) is 4.79 Å². The fraction of sp³-hybridized carbons (Fsp3) is 0.333. The third-order valence-corrected chi connectivity index (χ3v) is 3.99. The zero-order valence-electron chi connectivity index (χ0n) is 12.0. The standard InChI is InChI=1S/C15H18ClN3OS/c1-10(2)8-17-9-11-3-4-12(16)7-13(11)21-15-18-6-5-14(20)19-15/h3-7,10,17H,8-9H2,1-2H3,(H,18,19,20). The third kappa shape index (κ3) is 5.19. The zero-order chi connectivity index (χ0) is 15.2. The molecule has 112 valence electrons. The first kappa shape index (κ1) is 16.1. The highest BCUT2D eigenvalue weighted by Crippen LogP contribution is 2.30. The number of hydrogen-bond acceptors (Lipinski definition) is 4. The van der Waals surface area contributed by atoms with Crippen LogP contribution in [-0.2, 0) is 6.54 Å². The molecule has 0 bridgehead atoms. The lowest BCUT2D eigenvalue weighted by Crippen LogP contribution is -2.19. The second kappa shape index (κ2) is 7.64. The Bertz CT molecular complexity index is 657. The molecule has 2 rings (SSSR count). The van der Waals surface area contributed by atoms with Crippen LogP contribution in [0.4, 0.5) is 0 Å². The number of nitrogens with one attached hydrogen (secondary N) is 2. The Balaban J connectivity index is 2.16. The largest absolute Gasteiger partial charge is 0.312 e. The Labute approximate surface area is 133 Å². The van der Waals surface area contributed by atoms with Crippen LogP contribution in [-0.4, -0.2) is 16.5 Å². The van der Waals surface area contributed by atoms with Gasteiger partial charge < -0.3 is 10.3 Å². The molecular weight excluding hydrogens is 306 g/mol. The SMILES string of the molecule is CC(C)CNCc1ccc(Cl)cc1Sc1nccc(=O)[nH]1. The third-order valence-electron chi connectivity index (χ3n) is 2.75. The van der Waals surface area contributed by atoms with Gasteiger partial charge in [-0.2, -0.15) is 0 Å². The van der Waals surface area contributed by atoms with Gasteiger partial charge in [0.2, 0.25) is 0 Å². The Morgan fingerprint density at radius 3 is 2.90 bits per heavy atom. The number of aromatic nitrogens is 2. The van der Waals surface area contributed by atoms with Crippen molar-refractivity contribution in [3.05, 3.63) is 51.4 Å². The topological polar surface area (TPSA) is 57.8 Å². The fourth-order valence-electron chi connectivity index (χ4n) is 1.77. The lowest BCUT2D eigenvalue weighted by molar-refractivity contribution is 0.550. The van der Waals surface area contributed by atoms with Gasteiger partial charge in [0, 0.05) is 28.7 Å². The van der Waals surface area contributed by atoms with Crippen molar-refractivity contribution in [3.8, 4) is 0 Å². The van der Waals surface area contributed by atoms with Crippen LogP contribution in [0.2, 0.25) is 5.02 Å². The van der Waals surface area contributed by atoms with Crippen molar-refractivity contribution in [3.63, 3.8) is 0 Å². The predicted molar refractivity (Wildman–Crippen MR) is 87.0 cm³/mol. The van der Waals surface area contributed by atoms with Gasteiger partial charge in [-0.1, -0.05) is 43.3 Å². The molecule has 0 atom stereocenters. The molecule has 2 N–H and O–H groups in total. The summed E-state index contributed by atoms with van der Waals surface area (Å²) in [5, 5.41) is 4.64. The van der Waals surface area contributed by atoms with Gasteiger partial charge in [0.15, 0.2) is 5.16 Å². The summed E-state index contributed by atoms with van der Waals surface area (Å²) in [6.45, 7) is 6.05. The van der Waals surface area contributed by atoms with Crippen LogP contribution in [0.25, 0.3) is 0 Å². The number of H-pyrrole nitrogens is 1. The molecule has 0 spiro atoms. The molecule has 0 aliphatic rings. The molecule has 0 radical (unpaired) electrons. The molecule has 6 heteroatoms. The maximum absolute atomic E-state index is 11.3. The molecule has 1 heterocycles. The molecule has 0 unspecified atom stereocenters. The van der Waals surface area contributed by atoms with Gasteiger partial charge in [0.1, 0.15) is 0 Å². The lowest BCUT2D eigenvalue weighted by atomic mass is 10.2. The maximum atomic E-state index is 11.3. The minimum atomic E-state index is -0.158. The van der Waals surface area contributed by atoms with Gasteiger partial charge in [0.25, 0.3) is 5.56 Å². The van der Waals surface area contributed by atoms with E-state index in [1.807, 2.05) is 18.2 Å². The summed E-state index contributed by atoms with van der Waals surface area (Å²) in [7, 11) is 0. The van der Waals surface area contributed by atoms with E-state index in [1.54, 1.807) is 0 Å². The highest BCUT2D eigenvalue weighted by Gasteiger charge is 2.07. The molecule has 1 aromatic heterocycles. The molecule has 2 aromatic rings. The van der Waals surface area contributed by atoms with Crippen LogP contribution in [0, 0.1) is 5.92 Å². The number of rotatable bonds is 6. The van der Waals surface area contributed by atoms with Gasteiger partial charge in [-0.25, -0.2) is 4.98 Å². The van der Waals surface area contributed by atoms with Gasteiger partial charge >= 0.3 is 0 Å². The van der Waals surface area contributed by atoms with E-state index >= 15 is 0 Å². The fourth-order valence-corrected chi connectivity index (χ4v) is 2.94. The summed E-state index contributed by atoms with van der Waals surface area (Å²) in [5.41, 5.74) is 0.977. The van der Waals surface area contributed by atoms with Crippen molar-refractivity contribution in [2.45, 2.75) is 30.4 Å². The summed E-state index contributed by atoms with van der Waals surface area (Å²) in [4.78, 5) is 19.2. The van der Waals surface area contributed by atoms with Crippen molar-refractivity contribution in [1.82, 2.24) is 15.3 Å². The van der Waals surface area contributed by atoms with Crippen LogP contribution in [0.15, 0.2) is 45.3 Å². The summed E-state index contributed by atoms with van der Waals surface area (Å²) in [6.07, 6.45) is 1.50. The van der Waals surface area contributed by atoms with Crippen LogP contribution in [0.1, 0.15) is 19.4 Å². The Kier molecular flexibility index (Phi) is 5.85. The Morgan fingerprint density at radius 1 is 1.38 bits per heavy atom. The maximum Gasteiger partial charge on any atom is 0.251 e. The molecule has 0 aliphatic heterocycles. The molecule has 4 nitrogen and oxygen atoms in total. The van der Waals surface area contributed by atoms with Crippen molar-refractivity contribution >= 4 is 23.4 Å². The monoisotopic (exact) mass is 323 g/mol. The van der Waals surface area contributed by atoms with Gasteiger partial charge in [-0.15, -0.1) is 0 Å². The van der Waals surface area contributed by atoms with Crippen LogP contribution >= 0.6 is 23.4 Å². The van der Waals surface area contributed by atoms with Crippen molar-refractivity contribution < 1.29 is 0 Å². The second-order valence-electron chi connectivity index (χ2n) is 5.12. The van der Waals surface area contributed by atoms with E-state index in [1.165, 1.54) is 24.0 Å². The summed E-state index contributed by atoms with van der Waals surface area (Å²) < 4.78 is 0. The Hall–Kier alpha value is -1.30. The highest BCUT2D eigenvalue weighted by molar-refractivity contribution is 7.99. The van der Waals surface area contributed by atoms with E-state index in [0.717, 1.165) is 23.5 Å². The molecule has 0 amide bonds. The molecular formula is C15H18ClN3OS. The second-order valence-corrected chi connectivity index (χ2v) is 6.59. The summed E-state index contributed by atoms with van der Waals surface area (Å²) in [6, 6.07) is 7.16. The van der Waals surface area contributed by atoms with Crippen molar-refractivity contribution in [1.29, 1.82) is 0 Å². The minimum Gasteiger partial charge on any atom is -0.312 e. The molecule has 0 saturated heterocycles. The van der Waals surface area contributed by atoms with E-state index in [2.05, 4.69) is 29.1 Å². The quantitative estimate of drug-likeness (QED) is 0.801. The zero-order valence-corrected chi connectivity index (χ0v) is 13.6. The van der Waals surface area contributed by atoms with Gasteiger partial charge in [0.05, 0.1) is 0 Å². The average Bonchev–Trinajstić information content (AvgIpc) is 2.41. The predicted octanol–water partition coefficient (Wildman–Crippen LogP) is 3.32.